The first-order chi connectivity index (χ1) is 8.91. The van der Waals surface area contributed by atoms with Crippen molar-refractivity contribution in [3.63, 3.8) is 0 Å². The number of rotatable bonds is 1. The minimum absolute atomic E-state index is 0.0553. The Bertz CT molecular complexity index is 558. The molecule has 2 rings (SSSR count). The number of phenols is 4. The first-order valence-corrected chi connectivity index (χ1v) is 5.14. The predicted molar refractivity (Wildman–Crippen MR) is 66.5 cm³/mol. The second-order valence-corrected chi connectivity index (χ2v) is 3.50. The van der Waals surface area contributed by atoms with Crippen LogP contribution in [0.4, 0.5) is 0 Å². The van der Waals surface area contributed by atoms with Crippen LogP contribution in [0.2, 0.25) is 0 Å². The molecule has 0 unspecified atom stereocenters. The van der Waals surface area contributed by atoms with Crippen LogP contribution in [0, 0.1) is 0 Å². The van der Waals surface area contributed by atoms with Gasteiger partial charge in [-0.15, -0.1) is 0 Å². The minimum atomic E-state index is -1.14. The molecule has 0 amide bonds. The summed E-state index contributed by atoms with van der Waals surface area (Å²) in [7, 11) is 0. The highest BCUT2D eigenvalue weighted by Crippen LogP contribution is 2.24. The smallest absolute Gasteiger partial charge is 0.335 e. The quantitative estimate of drug-likeness (QED) is 0.502. The van der Waals surface area contributed by atoms with Gasteiger partial charge in [-0.05, 0) is 30.3 Å². The molecule has 0 saturated heterocycles. The Morgan fingerprint density at radius 1 is 0.737 bits per heavy atom. The van der Waals surface area contributed by atoms with Crippen LogP contribution in [0.3, 0.4) is 0 Å². The lowest BCUT2D eigenvalue weighted by atomic mass is 10.2. The van der Waals surface area contributed by atoms with E-state index in [0.717, 1.165) is 12.1 Å². The van der Waals surface area contributed by atoms with Gasteiger partial charge in [-0.25, -0.2) is 4.79 Å². The van der Waals surface area contributed by atoms with Crippen molar-refractivity contribution in [2.45, 2.75) is 0 Å². The van der Waals surface area contributed by atoms with E-state index < -0.39 is 11.7 Å². The molecule has 0 saturated carbocycles. The van der Waals surface area contributed by atoms with Gasteiger partial charge in [0.15, 0.2) is 23.0 Å². The Hall–Kier alpha value is -2.89. The predicted octanol–water partition coefficient (Wildman–Crippen LogP) is 1.89. The van der Waals surface area contributed by atoms with Crippen molar-refractivity contribution < 1.29 is 30.3 Å². The fourth-order valence-electron chi connectivity index (χ4n) is 1.12. The standard InChI is InChI=1S/C7H6O4.C6H6O2/c8-5-2-1-4(7(10)11)3-6(5)9;7-5-3-1-2-4-6(5)8/h1-3,8-9H,(H,10,11);1-4,7-8H. The molecule has 0 atom stereocenters. The van der Waals surface area contributed by atoms with E-state index in [9.17, 15) is 4.79 Å². The van der Waals surface area contributed by atoms with E-state index in [1.165, 1.54) is 18.2 Å². The van der Waals surface area contributed by atoms with Gasteiger partial charge in [-0.3, -0.25) is 0 Å². The topological polar surface area (TPSA) is 118 Å². The Morgan fingerprint density at radius 2 is 1.21 bits per heavy atom. The van der Waals surface area contributed by atoms with Gasteiger partial charge in [0.05, 0.1) is 5.56 Å². The number of carboxylic acid groups (broad SMARTS) is 1. The molecule has 2 aromatic carbocycles. The van der Waals surface area contributed by atoms with Gasteiger partial charge in [0.25, 0.3) is 0 Å². The van der Waals surface area contributed by atoms with Gasteiger partial charge in [-0.1, -0.05) is 12.1 Å². The van der Waals surface area contributed by atoms with Crippen LogP contribution in [0.25, 0.3) is 0 Å². The van der Waals surface area contributed by atoms with Crippen LogP contribution in [0.5, 0.6) is 23.0 Å². The molecule has 0 radical (unpaired) electrons. The Morgan fingerprint density at radius 3 is 1.58 bits per heavy atom. The molecule has 0 bridgehead atoms. The molecule has 0 aromatic heterocycles. The SMILES string of the molecule is O=C(O)c1ccc(O)c(O)c1.Oc1ccccc1O. The summed E-state index contributed by atoms with van der Waals surface area (Å²) in [6, 6.07) is 9.46. The highest BCUT2D eigenvalue weighted by atomic mass is 16.4. The number of aromatic hydroxyl groups is 4. The first-order valence-electron chi connectivity index (χ1n) is 5.14. The van der Waals surface area contributed by atoms with Crippen LogP contribution >= 0.6 is 0 Å². The number of benzene rings is 2. The fraction of sp³-hybridized carbons (Fsp3) is 0. The second kappa shape index (κ2) is 6.15. The molecule has 5 N–H and O–H groups in total. The number of hydrogen-bond acceptors (Lipinski definition) is 5. The third-order valence-corrected chi connectivity index (χ3v) is 2.10. The minimum Gasteiger partial charge on any atom is -0.504 e. The van der Waals surface area contributed by atoms with Crippen LogP contribution in [-0.2, 0) is 0 Å². The summed E-state index contributed by atoms with van der Waals surface area (Å²) in [5, 5.41) is 43.4. The highest BCUT2D eigenvalue weighted by molar-refractivity contribution is 5.88. The zero-order valence-electron chi connectivity index (χ0n) is 9.69. The normalized spacial score (nSPS) is 9.26. The molecule has 0 aliphatic heterocycles. The largest absolute Gasteiger partial charge is 0.504 e. The third kappa shape index (κ3) is 4.12. The first kappa shape index (κ1) is 14.2. The van der Waals surface area contributed by atoms with Crippen molar-refractivity contribution >= 4 is 5.97 Å². The molecule has 19 heavy (non-hydrogen) atoms. The maximum Gasteiger partial charge on any atom is 0.335 e. The molecule has 6 heteroatoms. The number of hydrogen-bond donors (Lipinski definition) is 5. The molecule has 0 heterocycles. The Kier molecular flexibility index (Phi) is 4.59. The molecular weight excluding hydrogens is 252 g/mol. The molecule has 6 nitrogen and oxygen atoms in total. The van der Waals surface area contributed by atoms with Crippen molar-refractivity contribution in [1.29, 1.82) is 0 Å². The number of phenolic OH excluding ortho intramolecular Hbond substituents is 4. The average Bonchev–Trinajstić information content (AvgIpc) is 2.37. The fourth-order valence-corrected chi connectivity index (χ4v) is 1.12. The van der Waals surface area contributed by atoms with Crippen molar-refractivity contribution in [2.75, 3.05) is 0 Å². The molecule has 2 aromatic rings. The molecule has 0 fully saturated rings. The Balaban J connectivity index is 0.000000200. The second-order valence-electron chi connectivity index (χ2n) is 3.50. The maximum atomic E-state index is 10.3. The highest BCUT2D eigenvalue weighted by Gasteiger charge is 2.05. The van der Waals surface area contributed by atoms with E-state index in [1.807, 2.05) is 0 Å². The average molecular weight is 264 g/mol. The van der Waals surface area contributed by atoms with Crippen molar-refractivity contribution in [3.05, 3.63) is 48.0 Å². The lowest BCUT2D eigenvalue weighted by Gasteiger charge is -1.97. The zero-order chi connectivity index (χ0) is 14.4. The summed E-state index contributed by atoms with van der Waals surface area (Å²) in [6.07, 6.45) is 0. The van der Waals surface area contributed by atoms with Gasteiger partial charge in [-0.2, -0.15) is 0 Å². The van der Waals surface area contributed by atoms with E-state index in [1.54, 1.807) is 12.1 Å². The van der Waals surface area contributed by atoms with E-state index >= 15 is 0 Å². The number of carboxylic acids is 1. The zero-order valence-corrected chi connectivity index (χ0v) is 9.69. The number of carbonyl (C=O) groups is 1. The van der Waals surface area contributed by atoms with E-state index in [2.05, 4.69) is 0 Å². The number of para-hydroxylation sites is 2. The molecule has 100 valence electrons. The molecule has 0 spiro atoms. The maximum absolute atomic E-state index is 10.3. The Labute approximate surface area is 108 Å². The van der Waals surface area contributed by atoms with Gasteiger partial charge in [0.1, 0.15) is 0 Å². The monoisotopic (exact) mass is 264 g/mol. The van der Waals surface area contributed by atoms with Gasteiger partial charge >= 0.3 is 5.97 Å². The van der Waals surface area contributed by atoms with Crippen molar-refractivity contribution in [1.82, 2.24) is 0 Å². The number of aromatic carboxylic acids is 1. The van der Waals surface area contributed by atoms with E-state index in [0.29, 0.717) is 0 Å². The molecule has 0 aliphatic carbocycles. The molecule has 0 aliphatic rings. The summed E-state index contributed by atoms with van der Waals surface area (Å²) in [5.41, 5.74) is -0.0553. The summed E-state index contributed by atoms with van der Waals surface area (Å²) in [4.78, 5) is 10.3. The summed E-state index contributed by atoms with van der Waals surface area (Å²) < 4.78 is 0. The van der Waals surface area contributed by atoms with Crippen molar-refractivity contribution in [2.24, 2.45) is 0 Å². The van der Waals surface area contributed by atoms with Gasteiger partial charge in [0.2, 0.25) is 0 Å². The van der Waals surface area contributed by atoms with Crippen LogP contribution < -0.4 is 0 Å². The van der Waals surface area contributed by atoms with Crippen LogP contribution in [0.15, 0.2) is 42.5 Å². The lowest BCUT2D eigenvalue weighted by molar-refractivity contribution is 0.0696. The van der Waals surface area contributed by atoms with Gasteiger partial charge in [0, 0.05) is 0 Å². The third-order valence-electron chi connectivity index (χ3n) is 2.10. The summed E-state index contributed by atoms with van der Waals surface area (Å²) >= 11 is 0. The molecular formula is C13H12O6. The summed E-state index contributed by atoms with van der Waals surface area (Å²) in [5.74, 6) is -2.04. The summed E-state index contributed by atoms with van der Waals surface area (Å²) in [6.45, 7) is 0. The van der Waals surface area contributed by atoms with E-state index in [4.69, 9.17) is 25.5 Å². The van der Waals surface area contributed by atoms with Crippen molar-refractivity contribution in [3.8, 4) is 23.0 Å². The van der Waals surface area contributed by atoms with Crippen LogP contribution in [-0.4, -0.2) is 31.5 Å². The van der Waals surface area contributed by atoms with E-state index in [-0.39, 0.29) is 22.8 Å². The van der Waals surface area contributed by atoms with Crippen LogP contribution in [0.1, 0.15) is 10.4 Å². The lowest BCUT2D eigenvalue weighted by Crippen LogP contribution is -1.94. The van der Waals surface area contributed by atoms with Gasteiger partial charge < -0.3 is 25.5 Å².